The van der Waals surface area contributed by atoms with Crippen LogP contribution in [0, 0.1) is 13.8 Å². The number of benzene rings is 2. The second kappa shape index (κ2) is 9.30. The molecule has 2 rings (SSSR count). The van der Waals surface area contributed by atoms with E-state index >= 15 is 0 Å². The smallest absolute Gasteiger partial charge is 0.243 e. The van der Waals surface area contributed by atoms with E-state index in [4.69, 9.17) is 16.3 Å². The number of amides is 1. The second-order valence-corrected chi connectivity index (χ2v) is 8.89. The zero-order valence-corrected chi connectivity index (χ0v) is 18.0. The van der Waals surface area contributed by atoms with E-state index in [1.807, 2.05) is 19.9 Å². The van der Waals surface area contributed by atoms with Gasteiger partial charge in [-0.25, -0.2) is 8.42 Å². The lowest BCUT2D eigenvalue weighted by molar-refractivity contribution is -0.121. The van der Waals surface area contributed by atoms with Crippen molar-refractivity contribution in [1.29, 1.82) is 0 Å². The molecular weight excluding hydrogens is 400 g/mol. The predicted molar refractivity (Wildman–Crippen MR) is 113 cm³/mol. The standard InChI is InChI=1S/C20H25ClN2O4S/c1-14-5-8-17(9-6-14)23(28(4,25)26)16(3)20(24)22-11-12-27-18-10-7-15(2)19(21)13-18/h5-10,13,16H,11-12H2,1-4H3,(H,22,24). The Labute approximate surface area is 171 Å². The molecule has 1 atom stereocenters. The Bertz CT molecular complexity index is 930. The van der Waals surface area contributed by atoms with Crippen LogP contribution in [0.15, 0.2) is 42.5 Å². The first-order chi connectivity index (χ1) is 13.1. The minimum Gasteiger partial charge on any atom is -0.492 e. The van der Waals surface area contributed by atoms with Crippen LogP contribution in [-0.4, -0.2) is 39.8 Å². The fourth-order valence-corrected chi connectivity index (χ4v) is 4.00. The minimum absolute atomic E-state index is 0.236. The number of hydrogen-bond acceptors (Lipinski definition) is 4. The predicted octanol–water partition coefficient (Wildman–Crippen LogP) is 3.31. The summed E-state index contributed by atoms with van der Waals surface area (Å²) in [7, 11) is -3.63. The Hall–Kier alpha value is -2.25. The van der Waals surface area contributed by atoms with Gasteiger partial charge in [0.25, 0.3) is 0 Å². The molecule has 0 aliphatic heterocycles. The van der Waals surface area contributed by atoms with Gasteiger partial charge in [0.05, 0.1) is 18.5 Å². The van der Waals surface area contributed by atoms with Gasteiger partial charge in [-0.2, -0.15) is 0 Å². The van der Waals surface area contributed by atoms with E-state index in [1.165, 1.54) is 0 Å². The normalized spacial score (nSPS) is 12.3. The van der Waals surface area contributed by atoms with Gasteiger partial charge in [0.2, 0.25) is 15.9 Å². The number of hydrogen-bond donors (Lipinski definition) is 1. The molecule has 152 valence electrons. The lowest BCUT2D eigenvalue weighted by atomic mass is 10.2. The number of nitrogens with one attached hydrogen (secondary N) is 1. The highest BCUT2D eigenvalue weighted by molar-refractivity contribution is 7.92. The fourth-order valence-electron chi connectivity index (χ4n) is 2.65. The zero-order chi connectivity index (χ0) is 20.9. The van der Waals surface area contributed by atoms with Crippen molar-refractivity contribution in [2.45, 2.75) is 26.8 Å². The average Bonchev–Trinajstić information content (AvgIpc) is 2.62. The number of anilines is 1. The number of nitrogens with zero attached hydrogens (tertiary/aromatic N) is 1. The summed E-state index contributed by atoms with van der Waals surface area (Å²) in [5.41, 5.74) is 2.40. The van der Waals surface area contributed by atoms with Crippen molar-refractivity contribution < 1.29 is 17.9 Å². The largest absolute Gasteiger partial charge is 0.492 e. The van der Waals surface area contributed by atoms with Crippen LogP contribution in [0.2, 0.25) is 5.02 Å². The highest BCUT2D eigenvalue weighted by Crippen LogP contribution is 2.22. The van der Waals surface area contributed by atoms with Gasteiger partial charge in [0.15, 0.2) is 0 Å². The molecule has 0 saturated carbocycles. The van der Waals surface area contributed by atoms with Crippen LogP contribution < -0.4 is 14.4 Å². The summed E-state index contributed by atoms with van der Waals surface area (Å²) in [5.74, 6) is 0.201. The first kappa shape index (κ1) is 22.0. The summed E-state index contributed by atoms with van der Waals surface area (Å²) in [6.07, 6.45) is 1.08. The van der Waals surface area contributed by atoms with Gasteiger partial charge in [-0.05, 0) is 50.6 Å². The van der Waals surface area contributed by atoms with Crippen LogP contribution in [0.4, 0.5) is 5.69 Å². The van der Waals surface area contributed by atoms with Crippen molar-refractivity contribution in [2.75, 3.05) is 23.7 Å². The minimum atomic E-state index is -3.63. The molecule has 2 aromatic rings. The molecule has 0 aliphatic rings. The molecule has 6 nitrogen and oxygen atoms in total. The van der Waals surface area contributed by atoms with Gasteiger partial charge in [0, 0.05) is 5.02 Å². The van der Waals surface area contributed by atoms with E-state index < -0.39 is 22.0 Å². The molecule has 0 aromatic heterocycles. The third kappa shape index (κ3) is 5.87. The topological polar surface area (TPSA) is 75.7 Å². The van der Waals surface area contributed by atoms with Crippen LogP contribution in [0.5, 0.6) is 5.75 Å². The molecule has 0 spiro atoms. The Morgan fingerprint density at radius 3 is 2.39 bits per heavy atom. The maximum atomic E-state index is 12.5. The number of ether oxygens (including phenoxy) is 1. The maximum absolute atomic E-state index is 12.5. The molecule has 0 bridgehead atoms. The van der Waals surface area contributed by atoms with E-state index in [9.17, 15) is 13.2 Å². The first-order valence-corrected chi connectivity index (χ1v) is 11.0. The van der Waals surface area contributed by atoms with Crippen molar-refractivity contribution in [2.24, 2.45) is 0 Å². The van der Waals surface area contributed by atoms with Gasteiger partial charge >= 0.3 is 0 Å². The summed E-state index contributed by atoms with van der Waals surface area (Å²) in [5, 5.41) is 3.32. The van der Waals surface area contributed by atoms with E-state index in [0.29, 0.717) is 16.5 Å². The maximum Gasteiger partial charge on any atom is 0.243 e. The van der Waals surface area contributed by atoms with Crippen LogP contribution >= 0.6 is 11.6 Å². The summed E-state index contributed by atoms with van der Waals surface area (Å²) >= 11 is 6.05. The lowest BCUT2D eigenvalue weighted by Gasteiger charge is -2.28. The first-order valence-electron chi connectivity index (χ1n) is 8.82. The average molecular weight is 425 g/mol. The van der Waals surface area contributed by atoms with Crippen LogP contribution in [-0.2, 0) is 14.8 Å². The quantitative estimate of drug-likeness (QED) is 0.659. The van der Waals surface area contributed by atoms with Crippen LogP contribution in [0.1, 0.15) is 18.1 Å². The van der Waals surface area contributed by atoms with E-state index in [1.54, 1.807) is 43.3 Å². The van der Waals surface area contributed by atoms with Crippen molar-refractivity contribution in [3.8, 4) is 5.75 Å². The van der Waals surface area contributed by atoms with Crippen molar-refractivity contribution in [1.82, 2.24) is 5.32 Å². The second-order valence-electron chi connectivity index (χ2n) is 6.62. The Morgan fingerprint density at radius 2 is 1.82 bits per heavy atom. The molecule has 0 radical (unpaired) electrons. The number of halogens is 1. The number of rotatable bonds is 8. The Morgan fingerprint density at radius 1 is 1.18 bits per heavy atom. The summed E-state index contributed by atoms with van der Waals surface area (Å²) in [6.45, 7) is 5.83. The summed E-state index contributed by atoms with van der Waals surface area (Å²) < 4.78 is 31.2. The van der Waals surface area contributed by atoms with E-state index in [-0.39, 0.29) is 13.2 Å². The molecule has 0 aliphatic carbocycles. The molecule has 1 N–H and O–H groups in total. The molecule has 28 heavy (non-hydrogen) atoms. The van der Waals surface area contributed by atoms with Crippen LogP contribution in [0.25, 0.3) is 0 Å². The summed E-state index contributed by atoms with van der Waals surface area (Å²) in [4.78, 5) is 12.5. The Balaban J connectivity index is 1.97. The SMILES string of the molecule is Cc1ccc(N(C(C)C(=O)NCCOc2ccc(C)c(Cl)c2)S(C)(=O)=O)cc1. The fraction of sp³-hybridized carbons (Fsp3) is 0.350. The third-order valence-electron chi connectivity index (χ3n) is 4.19. The number of carbonyl (C=O) groups excluding carboxylic acids is 1. The van der Waals surface area contributed by atoms with Gasteiger partial charge in [-0.15, -0.1) is 0 Å². The van der Waals surface area contributed by atoms with Gasteiger partial charge in [0.1, 0.15) is 18.4 Å². The van der Waals surface area contributed by atoms with E-state index in [2.05, 4.69) is 5.32 Å². The van der Waals surface area contributed by atoms with Crippen LogP contribution in [0.3, 0.4) is 0 Å². The molecular formula is C20H25ClN2O4S. The number of carbonyl (C=O) groups is 1. The zero-order valence-electron chi connectivity index (χ0n) is 16.4. The molecule has 2 aromatic carbocycles. The molecule has 0 fully saturated rings. The van der Waals surface area contributed by atoms with Crippen molar-refractivity contribution >= 4 is 33.2 Å². The van der Waals surface area contributed by atoms with Gasteiger partial charge in [-0.1, -0.05) is 35.4 Å². The molecule has 0 saturated heterocycles. The van der Waals surface area contributed by atoms with Crippen molar-refractivity contribution in [3.63, 3.8) is 0 Å². The lowest BCUT2D eigenvalue weighted by Crippen LogP contribution is -2.48. The Kier molecular flexibility index (Phi) is 7.32. The van der Waals surface area contributed by atoms with Crippen molar-refractivity contribution in [3.05, 3.63) is 58.6 Å². The highest BCUT2D eigenvalue weighted by atomic mass is 35.5. The number of sulfonamides is 1. The molecule has 8 heteroatoms. The number of aryl methyl sites for hydroxylation is 2. The van der Waals surface area contributed by atoms with Gasteiger partial charge < -0.3 is 10.1 Å². The molecule has 0 heterocycles. The highest BCUT2D eigenvalue weighted by Gasteiger charge is 2.28. The monoisotopic (exact) mass is 424 g/mol. The third-order valence-corrected chi connectivity index (χ3v) is 5.84. The molecule has 1 amide bonds. The van der Waals surface area contributed by atoms with E-state index in [0.717, 1.165) is 21.7 Å². The van der Waals surface area contributed by atoms with Gasteiger partial charge in [-0.3, -0.25) is 9.10 Å². The molecule has 1 unspecified atom stereocenters. The summed E-state index contributed by atoms with van der Waals surface area (Å²) in [6, 6.07) is 11.4.